The number of hydrogen-bond acceptors (Lipinski definition) is 3. The largest absolute Gasteiger partial charge is 0.367 e. The maximum Gasteiger partial charge on any atom is 0.168 e. The van der Waals surface area contributed by atoms with Gasteiger partial charge in [0.2, 0.25) is 0 Å². The lowest BCUT2D eigenvalue weighted by Gasteiger charge is -2.29. The Morgan fingerprint density at radius 1 is 1.53 bits per heavy atom. The molecule has 3 nitrogen and oxygen atoms in total. The normalized spacial score (nSPS) is 21.5. The van der Waals surface area contributed by atoms with Crippen molar-refractivity contribution < 1.29 is 8.78 Å². The van der Waals surface area contributed by atoms with Gasteiger partial charge in [0.25, 0.3) is 0 Å². The molecule has 0 bridgehead atoms. The van der Waals surface area contributed by atoms with Gasteiger partial charge in [-0.15, -0.1) is 0 Å². The van der Waals surface area contributed by atoms with Crippen LogP contribution in [0.5, 0.6) is 0 Å². The van der Waals surface area contributed by atoms with Crippen LogP contribution in [0.15, 0.2) is 12.3 Å². The van der Waals surface area contributed by atoms with Gasteiger partial charge in [-0.2, -0.15) is 0 Å². The van der Waals surface area contributed by atoms with E-state index in [2.05, 4.69) is 22.2 Å². The molecule has 94 valence electrons. The number of likely N-dealkylation sites (tertiary alicyclic amines) is 1. The number of pyridine rings is 1. The molecule has 2 heterocycles. The third-order valence-corrected chi connectivity index (χ3v) is 3.09. The smallest absolute Gasteiger partial charge is 0.168 e. The molecular weight excluding hydrogens is 224 g/mol. The van der Waals surface area contributed by atoms with Crippen molar-refractivity contribution >= 4 is 5.82 Å². The molecule has 1 N–H and O–H groups in total. The number of halogens is 2. The highest BCUT2D eigenvalue weighted by molar-refractivity contribution is 5.35. The van der Waals surface area contributed by atoms with Crippen molar-refractivity contribution in [2.24, 2.45) is 5.92 Å². The molecule has 0 spiro atoms. The highest BCUT2D eigenvalue weighted by atomic mass is 19.1. The quantitative estimate of drug-likeness (QED) is 0.878. The third-order valence-electron chi connectivity index (χ3n) is 3.09. The molecule has 1 aliphatic rings. The first-order valence-electron chi connectivity index (χ1n) is 5.88. The number of rotatable bonds is 3. The van der Waals surface area contributed by atoms with Crippen LogP contribution in [0.2, 0.25) is 0 Å². The molecule has 0 aromatic carbocycles. The summed E-state index contributed by atoms with van der Waals surface area (Å²) < 4.78 is 26.0. The van der Waals surface area contributed by atoms with Gasteiger partial charge in [-0.1, -0.05) is 0 Å². The lowest BCUT2D eigenvalue weighted by atomic mass is 9.98. The summed E-state index contributed by atoms with van der Waals surface area (Å²) in [5, 5.41) is 2.95. The summed E-state index contributed by atoms with van der Waals surface area (Å²) in [4.78, 5) is 5.97. The van der Waals surface area contributed by atoms with E-state index < -0.39 is 11.6 Å². The maximum atomic E-state index is 13.3. The van der Waals surface area contributed by atoms with E-state index >= 15 is 0 Å². The number of nitrogens with one attached hydrogen (secondary N) is 1. The van der Waals surface area contributed by atoms with Gasteiger partial charge < -0.3 is 10.2 Å². The van der Waals surface area contributed by atoms with Crippen LogP contribution < -0.4 is 5.32 Å². The molecule has 1 unspecified atom stereocenters. The average molecular weight is 241 g/mol. The average Bonchev–Trinajstić information content (AvgIpc) is 2.28. The molecule has 0 saturated carbocycles. The molecule has 17 heavy (non-hydrogen) atoms. The highest BCUT2D eigenvalue weighted by Gasteiger charge is 2.17. The van der Waals surface area contributed by atoms with Crippen molar-refractivity contribution in [1.82, 2.24) is 9.88 Å². The van der Waals surface area contributed by atoms with Crippen LogP contribution >= 0.6 is 0 Å². The van der Waals surface area contributed by atoms with E-state index in [1.54, 1.807) is 0 Å². The van der Waals surface area contributed by atoms with E-state index in [0.29, 0.717) is 12.5 Å². The van der Waals surface area contributed by atoms with Gasteiger partial charge in [-0.3, -0.25) is 0 Å². The zero-order valence-corrected chi connectivity index (χ0v) is 9.92. The predicted molar refractivity (Wildman–Crippen MR) is 62.9 cm³/mol. The molecule has 0 aliphatic carbocycles. The van der Waals surface area contributed by atoms with Gasteiger partial charge in [-0.05, 0) is 32.4 Å². The molecule has 1 fully saturated rings. The van der Waals surface area contributed by atoms with Crippen molar-refractivity contribution in [2.75, 3.05) is 32.0 Å². The molecule has 1 aliphatic heterocycles. The fraction of sp³-hybridized carbons (Fsp3) is 0.583. The Balaban J connectivity index is 1.88. The van der Waals surface area contributed by atoms with E-state index in [1.165, 1.54) is 6.42 Å². The van der Waals surface area contributed by atoms with Crippen LogP contribution in [-0.4, -0.2) is 36.6 Å². The maximum absolute atomic E-state index is 13.3. The molecule has 1 atom stereocenters. The SMILES string of the molecule is CN1CCCC(CNc2ncc(F)cc2F)C1. The molecule has 0 radical (unpaired) electrons. The van der Waals surface area contributed by atoms with Gasteiger partial charge in [0.05, 0.1) is 6.20 Å². The van der Waals surface area contributed by atoms with Crippen LogP contribution in [0.1, 0.15) is 12.8 Å². The minimum Gasteiger partial charge on any atom is -0.367 e. The molecule has 1 saturated heterocycles. The Morgan fingerprint density at radius 2 is 2.35 bits per heavy atom. The van der Waals surface area contributed by atoms with Crippen molar-refractivity contribution in [3.8, 4) is 0 Å². The standard InChI is InChI=1S/C12H17F2N3/c1-17-4-2-3-9(8-17)6-15-12-11(14)5-10(13)7-16-12/h5,7,9H,2-4,6,8H2,1H3,(H,15,16). The predicted octanol–water partition coefficient (Wildman–Crippen LogP) is 2.11. The van der Waals surface area contributed by atoms with E-state index in [-0.39, 0.29) is 5.82 Å². The van der Waals surface area contributed by atoms with Crippen LogP contribution in [0, 0.1) is 17.6 Å². The van der Waals surface area contributed by atoms with Crippen LogP contribution in [0.25, 0.3) is 0 Å². The fourth-order valence-corrected chi connectivity index (χ4v) is 2.23. The molecule has 1 aromatic rings. The third kappa shape index (κ3) is 3.36. The van der Waals surface area contributed by atoms with Gasteiger partial charge in [0.1, 0.15) is 5.82 Å². The van der Waals surface area contributed by atoms with Crippen LogP contribution in [-0.2, 0) is 0 Å². The van der Waals surface area contributed by atoms with Crippen molar-refractivity contribution in [1.29, 1.82) is 0 Å². The molecule has 5 heteroatoms. The molecule has 0 amide bonds. The first kappa shape index (κ1) is 12.2. The lowest BCUT2D eigenvalue weighted by Crippen LogP contribution is -2.35. The summed E-state index contributed by atoms with van der Waals surface area (Å²) in [5.74, 6) is -0.640. The minimum absolute atomic E-state index is 0.139. The first-order chi connectivity index (χ1) is 8.15. The number of nitrogens with zero attached hydrogens (tertiary/aromatic N) is 2. The van der Waals surface area contributed by atoms with Gasteiger partial charge >= 0.3 is 0 Å². The number of anilines is 1. The number of aromatic nitrogens is 1. The fourth-order valence-electron chi connectivity index (χ4n) is 2.23. The Kier molecular flexibility index (Phi) is 3.89. The van der Waals surface area contributed by atoms with E-state index in [0.717, 1.165) is 31.8 Å². The topological polar surface area (TPSA) is 28.2 Å². The Hall–Kier alpha value is -1.23. The summed E-state index contributed by atoms with van der Waals surface area (Å²) in [6.45, 7) is 2.81. The Bertz CT molecular complexity index is 384. The summed E-state index contributed by atoms with van der Waals surface area (Å²) >= 11 is 0. The van der Waals surface area contributed by atoms with Crippen LogP contribution in [0.3, 0.4) is 0 Å². The highest BCUT2D eigenvalue weighted by Crippen LogP contribution is 2.17. The van der Waals surface area contributed by atoms with E-state index in [4.69, 9.17) is 0 Å². The van der Waals surface area contributed by atoms with Gasteiger partial charge in [-0.25, -0.2) is 13.8 Å². The van der Waals surface area contributed by atoms with Gasteiger partial charge in [0.15, 0.2) is 11.6 Å². The zero-order chi connectivity index (χ0) is 12.3. The van der Waals surface area contributed by atoms with Crippen LogP contribution in [0.4, 0.5) is 14.6 Å². The van der Waals surface area contributed by atoms with Crippen molar-refractivity contribution in [2.45, 2.75) is 12.8 Å². The number of hydrogen-bond donors (Lipinski definition) is 1. The second-order valence-corrected chi connectivity index (χ2v) is 4.64. The summed E-state index contributed by atoms with van der Waals surface area (Å²) in [6, 6.07) is 0.850. The summed E-state index contributed by atoms with van der Waals surface area (Å²) in [5.41, 5.74) is 0. The first-order valence-corrected chi connectivity index (χ1v) is 5.88. The van der Waals surface area contributed by atoms with Crippen molar-refractivity contribution in [3.63, 3.8) is 0 Å². The Morgan fingerprint density at radius 3 is 3.06 bits per heavy atom. The van der Waals surface area contributed by atoms with E-state index in [9.17, 15) is 8.78 Å². The summed E-state index contributed by atoms with van der Waals surface area (Å²) in [6.07, 6.45) is 3.33. The molecule has 1 aromatic heterocycles. The Labute approximate surface area is 99.8 Å². The van der Waals surface area contributed by atoms with Crippen molar-refractivity contribution in [3.05, 3.63) is 23.9 Å². The molecule has 2 rings (SSSR count). The lowest BCUT2D eigenvalue weighted by molar-refractivity contribution is 0.217. The minimum atomic E-state index is -0.648. The number of piperidine rings is 1. The monoisotopic (exact) mass is 241 g/mol. The zero-order valence-electron chi connectivity index (χ0n) is 9.92. The van der Waals surface area contributed by atoms with Gasteiger partial charge in [0, 0.05) is 19.2 Å². The molecular formula is C12H17F2N3. The van der Waals surface area contributed by atoms with E-state index in [1.807, 2.05) is 0 Å². The second-order valence-electron chi connectivity index (χ2n) is 4.64. The second kappa shape index (κ2) is 5.40. The summed E-state index contributed by atoms with van der Waals surface area (Å²) in [7, 11) is 2.09.